The van der Waals surface area contributed by atoms with Crippen LogP contribution in [0.2, 0.25) is 0 Å². The summed E-state index contributed by atoms with van der Waals surface area (Å²) in [4.78, 5) is 4.55. The molecule has 0 aliphatic carbocycles. The second-order valence-electron chi connectivity index (χ2n) is 5.12. The molecule has 2 aromatic heterocycles. The van der Waals surface area contributed by atoms with Gasteiger partial charge < -0.3 is 15.5 Å². The number of likely N-dealkylation sites (N-methyl/N-ethyl adjacent to an activating group) is 1. The third-order valence-corrected chi connectivity index (χ3v) is 3.75. The molecule has 1 fully saturated rings. The maximum absolute atomic E-state index is 6.20. The molecule has 2 N–H and O–H groups in total. The van der Waals surface area contributed by atoms with Crippen LogP contribution in [0.15, 0.2) is 24.4 Å². The summed E-state index contributed by atoms with van der Waals surface area (Å²) in [6.07, 6.45) is 3.11. The average Bonchev–Trinajstić information content (AvgIpc) is 2.95. The fourth-order valence-electron chi connectivity index (χ4n) is 2.59. The molecule has 7 heteroatoms. The quantitative estimate of drug-likeness (QED) is 0.919. The predicted molar refractivity (Wildman–Crippen MR) is 88.4 cm³/mol. The number of pyridine rings is 1. The van der Waals surface area contributed by atoms with Crippen LogP contribution in [0.3, 0.4) is 0 Å². The van der Waals surface area contributed by atoms with Crippen LogP contribution in [0.4, 0.5) is 11.5 Å². The molecule has 2 aromatic rings. The largest absolute Gasteiger partial charge is 0.394 e. The number of fused-ring (bicyclic) bond motifs is 1. The summed E-state index contributed by atoms with van der Waals surface area (Å²) >= 11 is 0. The Morgan fingerprint density at radius 1 is 1.30 bits per heavy atom. The van der Waals surface area contributed by atoms with Crippen molar-refractivity contribution >= 4 is 41.8 Å². The SMILES string of the molecule is CN(C)C1CCN(c2nn3ccccc3c2N)C1.Cl.Cl. The molecule has 0 bridgehead atoms. The van der Waals surface area contributed by atoms with Crippen molar-refractivity contribution in [1.82, 2.24) is 14.5 Å². The van der Waals surface area contributed by atoms with Crippen LogP contribution in [0.25, 0.3) is 5.52 Å². The van der Waals surface area contributed by atoms with Crippen molar-refractivity contribution in [2.75, 3.05) is 37.8 Å². The van der Waals surface area contributed by atoms with Crippen molar-refractivity contribution < 1.29 is 0 Å². The first-order chi connectivity index (χ1) is 8.66. The first-order valence-electron chi connectivity index (χ1n) is 6.31. The van der Waals surface area contributed by atoms with Crippen molar-refractivity contribution in [2.24, 2.45) is 0 Å². The minimum atomic E-state index is 0. The molecular formula is C13H21Cl2N5. The Balaban J connectivity index is 0.000001000. The van der Waals surface area contributed by atoms with E-state index >= 15 is 0 Å². The number of nitrogen functional groups attached to an aromatic ring is 1. The number of halogens is 2. The predicted octanol–water partition coefficient (Wildman–Crippen LogP) is 1.90. The lowest BCUT2D eigenvalue weighted by Gasteiger charge is -2.20. The van der Waals surface area contributed by atoms with Crippen LogP contribution in [0.1, 0.15) is 6.42 Å². The lowest BCUT2D eigenvalue weighted by Crippen LogP contribution is -2.31. The number of hydrogen-bond donors (Lipinski definition) is 1. The summed E-state index contributed by atoms with van der Waals surface area (Å²) < 4.78 is 1.85. The number of aromatic nitrogens is 2. The van der Waals surface area contributed by atoms with Crippen molar-refractivity contribution in [3.63, 3.8) is 0 Å². The van der Waals surface area contributed by atoms with E-state index in [1.54, 1.807) is 0 Å². The highest BCUT2D eigenvalue weighted by Crippen LogP contribution is 2.29. The molecular weight excluding hydrogens is 297 g/mol. The standard InChI is InChI=1S/C13H19N5.2ClH/c1-16(2)10-6-8-17(9-10)13-12(14)11-5-3-4-7-18(11)15-13;;/h3-5,7,10H,6,8-9,14H2,1-2H3;2*1H. The van der Waals surface area contributed by atoms with E-state index in [2.05, 4.69) is 29.0 Å². The molecule has 1 aliphatic heterocycles. The first-order valence-corrected chi connectivity index (χ1v) is 6.31. The van der Waals surface area contributed by atoms with Gasteiger partial charge >= 0.3 is 0 Å². The van der Waals surface area contributed by atoms with Crippen molar-refractivity contribution in [2.45, 2.75) is 12.5 Å². The molecule has 1 unspecified atom stereocenters. The van der Waals surface area contributed by atoms with E-state index in [9.17, 15) is 0 Å². The smallest absolute Gasteiger partial charge is 0.175 e. The van der Waals surface area contributed by atoms with Gasteiger partial charge in [-0.2, -0.15) is 0 Å². The minimum absolute atomic E-state index is 0. The summed E-state index contributed by atoms with van der Waals surface area (Å²) in [6, 6.07) is 6.56. The molecule has 1 aliphatic rings. The Morgan fingerprint density at radius 3 is 2.65 bits per heavy atom. The van der Waals surface area contributed by atoms with E-state index in [1.165, 1.54) is 6.42 Å². The molecule has 0 saturated carbocycles. The van der Waals surface area contributed by atoms with Crippen molar-refractivity contribution in [3.8, 4) is 0 Å². The fourth-order valence-corrected chi connectivity index (χ4v) is 2.59. The maximum atomic E-state index is 6.20. The van der Waals surface area contributed by atoms with E-state index < -0.39 is 0 Å². The van der Waals surface area contributed by atoms with Gasteiger partial charge in [0.05, 0.1) is 5.52 Å². The molecule has 0 amide bonds. The van der Waals surface area contributed by atoms with Crippen LogP contribution >= 0.6 is 24.8 Å². The Hall–Kier alpha value is -1.17. The minimum Gasteiger partial charge on any atom is -0.394 e. The zero-order chi connectivity index (χ0) is 12.7. The molecule has 20 heavy (non-hydrogen) atoms. The van der Waals surface area contributed by atoms with Gasteiger partial charge in [0.15, 0.2) is 5.82 Å². The van der Waals surface area contributed by atoms with Gasteiger partial charge in [0.1, 0.15) is 5.69 Å². The van der Waals surface area contributed by atoms with Gasteiger partial charge in [-0.15, -0.1) is 29.9 Å². The van der Waals surface area contributed by atoms with Gasteiger partial charge in [0.25, 0.3) is 0 Å². The van der Waals surface area contributed by atoms with Gasteiger partial charge in [-0.25, -0.2) is 4.52 Å². The van der Waals surface area contributed by atoms with E-state index in [-0.39, 0.29) is 24.8 Å². The third kappa shape index (κ3) is 2.80. The monoisotopic (exact) mass is 317 g/mol. The summed E-state index contributed by atoms with van der Waals surface area (Å²) in [5.74, 6) is 0.922. The second kappa shape index (κ2) is 6.52. The second-order valence-corrected chi connectivity index (χ2v) is 5.12. The number of anilines is 2. The van der Waals surface area contributed by atoms with Gasteiger partial charge in [0, 0.05) is 25.3 Å². The molecule has 1 saturated heterocycles. The van der Waals surface area contributed by atoms with Crippen molar-refractivity contribution in [3.05, 3.63) is 24.4 Å². The van der Waals surface area contributed by atoms with Gasteiger partial charge in [-0.3, -0.25) is 0 Å². The molecule has 3 heterocycles. The van der Waals surface area contributed by atoms with Crippen LogP contribution < -0.4 is 10.6 Å². The van der Waals surface area contributed by atoms with Gasteiger partial charge in [-0.1, -0.05) is 6.07 Å². The zero-order valence-electron chi connectivity index (χ0n) is 11.7. The highest BCUT2D eigenvalue weighted by atomic mass is 35.5. The van der Waals surface area contributed by atoms with Crippen LogP contribution in [-0.2, 0) is 0 Å². The maximum Gasteiger partial charge on any atom is 0.175 e. The van der Waals surface area contributed by atoms with Crippen molar-refractivity contribution in [1.29, 1.82) is 0 Å². The summed E-state index contributed by atoms with van der Waals surface area (Å²) in [5.41, 5.74) is 7.98. The summed E-state index contributed by atoms with van der Waals surface area (Å²) in [6.45, 7) is 2.03. The molecule has 0 radical (unpaired) electrons. The third-order valence-electron chi connectivity index (χ3n) is 3.75. The lowest BCUT2D eigenvalue weighted by molar-refractivity contribution is 0.315. The number of nitrogens with two attached hydrogens (primary N) is 1. The number of nitrogens with zero attached hydrogens (tertiary/aromatic N) is 4. The lowest BCUT2D eigenvalue weighted by atomic mass is 10.2. The number of hydrogen-bond acceptors (Lipinski definition) is 4. The molecule has 0 spiro atoms. The van der Waals surface area contributed by atoms with Crippen LogP contribution in [0, 0.1) is 0 Å². The van der Waals surface area contributed by atoms with E-state index in [4.69, 9.17) is 5.73 Å². The van der Waals surface area contributed by atoms with Gasteiger partial charge in [-0.05, 0) is 32.6 Å². The fraction of sp³-hybridized carbons (Fsp3) is 0.462. The van der Waals surface area contributed by atoms with E-state index in [0.29, 0.717) is 6.04 Å². The van der Waals surface area contributed by atoms with E-state index in [0.717, 1.165) is 30.1 Å². The highest BCUT2D eigenvalue weighted by Gasteiger charge is 2.27. The van der Waals surface area contributed by atoms with Crippen LogP contribution in [0.5, 0.6) is 0 Å². The summed E-state index contributed by atoms with van der Waals surface area (Å²) in [5, 5.41) is 4.59. The van der Waals surface area contributed by atoms with Crippen LogP contribution in [-0.4, -0.2) is 47.7 Å². The molecule has 5 nitrogen and oxygen atoms in total. The first kappa shape index (κ1) is 16.9. The summed E-state index contributed by atoms with van der Waals surface area (Å²) in [7, 11) is 4.25. The molecule has 3 rings (SSSR count). The van der Waals surface area contributed by atoms with E-state index in [1.807, 2.05) is 28.9 Å². The Labute approximate surface area is 131 Å². The zero-order valence-corrected chi connectivity index (χ0v) is 13.3. The Kier molecular flexibility index (Phi) is 5.50. The number of rotatable bonds is 2. The average molecular weight is 318 g/mol. The molecule has 112 valence electrons. The Morgan fingerprint density at radius 2 is 2.05 bits per heavy atom. The van der Waals surface area contributed by atoms with Gasteiger partial charge in [0.2, 0.25) is 0 Å². The Bertz CT molecular complexity index is 569. The molecule has 1 atom stereocenters. The molecule has 0 aromatic carbocycles. The normalized spacial score (nSPS) is 18.1. The highest BCUT2D eigenvalue weighted by molar-refractivity contribution is 5.85. The topological polar surface area (TPSA) is 49.8 Å².